The van der Waals surface area contributed by atoms with Gasteiger partial charge in [-0.25, -0.2) is 0 Å². The molecule has 3 aromatic rings. The Hall–Kier alpha value is -2.28. The number of hydrogen-bond acceptors (Lipinski definition) is 4. The van der Waals surface area contributed by atoms with Gasteiger partial charge in [0.05, 0.1) is 15.8 Å². The highest BCUT2D eigenvalue weighted by molar-refractivity contribution is 7.99. The second-order valence-corrected chi connectivity index (χ2v) is 8.82. The molecular formula is C22H20Cl2N4OS. The molecule has 0 saturated heterocycles. The van der Waals surface area contributed by atoms with Gasteiger partial charge in [-0.15, -0.1) is 16.8 Å². The van der Waals surface area contributed by atoms with E-state index in [4.69, 9.17) is 23.2 Å². The van der Waals surface area contributed by atoms with Crippen LogP contribution in [0.15, 0.2) is 66.3 Å². The lowest BCUT2D eigenvalue weighted by Gasteiger charge is -2.08. The van der Waals surface area contributed by atoms with Crippen LogP contribution in [0.25, 0.3) is 0 Å². The summed E-state index contributed by atoms with van der Waals surface area (Å²) in [5, 5.41) is 13.2. The Morgan fingerprint density at radius 1 is 1.17 bits per heavy atom. The number of carbonyl (C=O) groups excluding carboxylic acids is 1. The summed E-state index contributed by atoms with van der Waals surface area (Å²) in [6, 6.07) is 15.5. The van der Waals surface area contributed by atoms with E-state index in [0.717, 1.165) is 12.2 Å². The number of nitrogens with one attached hydrogen (secondary N) is 1. The van der Waals surface area contributed by atoms with Crippen LogP contribution in [0.3, 0.4) is 0 Å². The number of carbonyl (C=O) groups is 1. The van der Waals surface area contributed by atoms with E-state index < -0.39 is 0 Å². The second-order valence-electron chi connectivity index (χ2n) is 7.07. The predicted octanol–water partition coefficient (Wildman–Crippen LogP) is 5.77. The fraction of sp³-hybridized carbons (Fsp3) is 0.227. The van der Waals surface area contributed by atoms with Gasteiger partial charge in [0.1, 0.15) is 5.82 Å². The summed E-state index contributed by atoms with van der Waals surface area (Å²) in [5.41, 5.74) is 1.93. The molecule has 1 aromatic heterocycles. The van der Waals surface area contributed by atoms with Crippen molar-refractivity contribution in [3.63, 3.8) is 0 Å². The van der Waals surface area contributed by atoms with E-state index in [1.165, 1.54) is 17.3 Å². The van der Waals surface area contributed by atoms with Crippen molar-refractivity contribution < 1.29 is 4.79 Å². The minimum absolute atomic E-state index is 0.151. The molecular weight excluding hydrogens is 439 g/mol. The number of rotatable bonds is 8. The Bertz CT molecular complexity index is 1070. The minimum atomic E-state index is -0.151. The topological polar surface area (TPSA) is 59.8 Å². The van der Waals surface area contributed by atoms with Gasteiger partial charge in [-0.3, -0.25) is 4.79 Å². The molecule has 4 rings (SSSR count). The third-order valence-electron chi connectivity index (χ3n) is 4.94. The van der Waals surface area contributed by atoms with Gasteiger partial charge in [-0.1, -0.05) is 71.4 Å². The summed E-state index contributed by atoms with van der Waals surface area (Å²) in [7, 11) is 0. The summed E-state index contributed by atoms with van der Waals surface area (Å²) in [6.07, 6.45) is 2.88. The van der Waals surface area contributed by atoms with Crippen LogP contribution in [0.1, 0.15) is 29.6 Å². The standard InChI is InChI=1S/C22H20Cl2N4OS/c1-2-10-28-21(17-12-16(17)14-6-4-3-5-7-14)26-27-22(28)30-13-20(29)25-15-8-9-18(23)19(24)11-15/h2-9,11,16-17H,1,10,12-13H2,(H,25,29). The summed E-state index contributed by atoms with van der Waals surface area (Å²) in [6.45, 7) is 4.46. The average Bonchev–Trinajstić information content (AvgIpc) is 3.44. The molecule has 1 heterocycles. The molecule has 0 bridgehead atoms. The Balaban J connectivity index is 1.41. The molecule has 1 aliphatic rings. The molecule has 0 spiro atoms. The van der Waals surface area contributed by atoms with Crippen molar-refractivity contribution in [1.82, 2.24) is 14.8 Å². The molecule has 5 nitrogen and oxygen atoms in total. The average molecular weight is 459 g/mol. The molecule has 1 fully saturated rings. The van der Waals surface area contributed by atoms with Crippen LogP contribution in [0.4, 0.5) is 5.69 Å². The molecule has 2 unspecified atom stereocenters. The van der Waals surface area contributed by atoms with Gasteiger partial charge in [0.25, 0.3) is 0 Å². The maximum absolute atomic E-state index is 12.4. The van der Waals surface area contributed by atoms with Crippen LogP contribution in [0.2, 0.25) is 10.0 Å². The molecule has 30 heavy (non-hydrogen) atoms. The molecule has 2 aromatic carbocycles. The van der Waals surface area contributed by atoms with Crippen molar-refractivity contribution in [2.24, 2.45) is 0 Å². The zero-order valence-electron chi connectivity index (χ0n) is 16.1. The van der Waals surface area contributed by atoms with E-state index in [2.05, 4.69) is 50.9 Å². The number of aromatic nitrogens is 3. The van der Waals surface area contributed by atoms with Gasteiger partial charge >= 0.3 is 0 Å². The molecule has 154 valence electrons. The maximum Gasteiger partial charge on any atom is 0.234 e. The monoisotopic (exact) mass is 458 g/mol. The number of thioether (sulfide) groups is 1. The molecule has 1 aliphatic carbocycles. The first-order valence-corrected chi connectivity index (χ1v) is 11.3. The van der Waals surface area contributed by atoms with Crippen molar-refractivity contribution in [3.8, 4) is 0 Å². The van der Waals surface area contributed by atoms with Gasteiger partial charge in [0, 0.05) is 18.2 Å². The van der Waals surface area contributed by atoms with E-state index >= 15 is 0 Å². The van der Waals surface area contributed by atoms with E-state index in [-0.39, 0.29) is 11.7 Å². The number of allylic oxidation sites excluding steroid dienone is 1. The fourth-order valence-corrected chi connectivity index (χ4v) is 4.48. The third kappa shape index (κ3) is 4.72. The highest BCUT2D eigenvalue weighted by atomic mass is 35.5. The lowest BCUT2D eigenvalue weighted by atomic mass is 10.1. The third-order valence-corrected chi connectivity index (χ3v) is 6.65. The van der Waals surface area contributed by atoms with Crippen LogP contribution in [0, 0.1) is 0 Å². The smallest absolute Gasteiger partial charge is 0.234 e. The molecule has 1 amide bonds. The summed E-state index contributed by atoms with van der Waals surface area (Å²) in [5.74, 6) is 1.83. The van der Waals surface area contributed by atoms with Gasteiger partial charge in [-0.05, 0) is 36.1 Å². The van der Waals surface area contributed by atoms with Gasteiger partial charge in [0.15, 0.2) is 5.16 Å². The van der Waals surface area contributed by atoms with Crippen LogP contribution in [-0.2, 0) is 11.3 Å². The normalized spacial score (nSPS) is 17.5. The first-order chi connectivity index (χ1) is 14.6. The molecule has 0 aliphatic heterocycles. The minimum Gasteiger partial charge on any atom is -0.325 e. The van der Waals surface area contributed by atoms with Crippen molar-refractivity contribution >= 4 is 46.6 Å². The van der Waals surface area contributed by atoms with E-state index in [0.29, 0.717) is 39.3 Å². The van der Waals surface area contributed by atoms with E-state index in [1.807, 2.05) is 12.1 Å². The number of benzene rings is 2. The highest BCUT2D eigenvalue weighted by Gasteiger charge is 2.43. The van der Waals surface area contributed by atoms with Crippen LogP contribution < -0.4 is 5.32 Å². The van der Waals surface area contributed by atoms with Gasteiger partial charge in [0.2, 0.25) is 5.91 Å². The maximum atomic E-state index is 12.4. The second kappa shape index (κ2) is 9.25. The highest BCUT2D eigenvalue weighted by Crippen LogP contribution is 2.54. The largest absolute Gasteiger partial charge is 0.325 e. The predicted molar refractivity (Wildman–Crippen MR) is 123 cm³/mol. The Morgan fingerprint density at radius 2 is 1.97 bits per heavy atom. The Morgan fingerprint density at radius 3 is 2.70 bits per heavy atom. The first kappa shape index (κ1) is 21.0. The van der Waals surface area contributed by atoms with Gasteiger partial charge in [-0.2, -0.15) is 0 Å². The van der Waals surface area contributed by atoms with Crippen LogP contribution in [0.5, 0.6) is 0 Å². The lowest BCUT2D eigenvalue weighted by molar-refractivity contribution is -0.113. The number of anilines is 1. The zero-order chi connectivity index (χ0) is 21.1. The van der Waals surface area contributed by atoms with Crippen LogP contribution >= 0.6 is 35.0 Å². The molecule has 8 heteroatoms. The fourth-order valence-electron chi connectivity index (χ4n) is 3.43. The lowest BCUT2D eigenvalue weighted by Crippen LogP contribution is -2.14. The van der Waals surface area contributed by atoms with Gasteiger partial charge < -0.3 is 9.88 Å². The van der Waals surface area contributed by atoms with Crippen molar-refractivity contribution in [2.75, 3.05) is 11.1 Å². The zero-order valence-corrected chi connectivity index (χ0v) is 18.4. The Kier molecular flexibility index (Phi) is 6.46. The molecule has 1 N–H and O–H groups in total. The first-order valence-electron chi connectivity index (χ1n) is 9.53. The molecule has 1 saturated carbocycles. The van der Waals surface area contributed by atoms with Crippen molar-refractivity contribution in [2.45, 2.75) is 30.0 Å². The number of amides is 1. The van der Waals surface area contributed by atoms with Crippen molar-refractivity contribution in [3.05, 3.63) is 82.6 Å². The SMILES string of the molecule is C=CCn1c(SCC(=O)Nc2ccc(Cl)c(Cl)c2)nnc1C1CC1c1ccccc1. The number of nitrogens with zero attached hydrogens (tertiary/aromatic N) is 3. The van der Waals surface area contributed by atoms with E-state index in [9.17, 15) is 4.79 Å². The van der Waals surface area contributed by atoms with Crippen molar-refractivity contribution in [1.29, 1.82) is 0 Å². The number of halogens is 2. The van der Waals surface area contributed by atoms with Crippen LogP contribution in [-0.4, -0.2) is 26.4 Å². The molecule has 2 atom stereocenters. The van der Waals surface area contributed by atoms with E-state index in [1.54, 1.807) is 18.2 Å². The summed E-state index contributed by atoms with van der Waals surface area (Å²) in [4.78, 5) is 12.4. The summed E-state index contributed by atoms with van der Waals surface area (Å²) < 4.78 is 2.05. The number of hydrogen-bond donors (Lipinski definition) is 1. The quantitative estimate of drug-likeness (QED) is 0.343. The Labute approximate surface area is 189 Å². The summed E-state index contributed by atoms with van der Waals surface area (Å²) >= 11 is 13.3. The molecule has 0 radical (unpaired) electrons.